The van der Waals surface area contributed by atoms with E-state index in [2.05, 4.69) is 4.98 Å². The number of carbonyl (C=O) groups excluding carboxylic acids is 1. The number of amides is 1. The van der Waals surface area contributed by atoms with Gasteiger partial charge in [-0.15, -0.1) is 0 Å². The number of hydrogen-bond donors (Lipinski definition) is 1. The Kier molecular flexibility index (Phi) is 4.62. The van der Waals surface area contributed by atoms with Gasteiger partial charge in [0.1, 0.15) is 12.1 Å². The van der Waals surface area contributed by atoms with Gasteiger partial charge in [-0.1, -0.05) is 23.9 Å². The topological polar surface area (TPSA) is 83.6 Å². The number of fused-ring (bicyclic) bond motifs is 1. The predicted molar refractivity (Wildman–Crippen MR) is 74.6 cm³/mol. The van der Waals surface area contributed by atoms with Crippen molar-refractivity contribution in [3.63, 3.8) is 0 Å². The van der Waals surface area contributed by atoms with E-state index in [9.17, 15) is 9.59 Å². The molecule has 1 aromatic carbocycles. The first-order valence-electron chi connectivity index (χ1n) is 6.08. The van der Waals surface area contributed by atoms with Gasteiger partial charge in [0.2, 0.25) is 5.91 Å². The average molecular weight is 294 g/mol. The van der Waals surface area contributed by atoms with E-state index in [0.717, 1.165) is 17.3 Å². The molecule has 1 heterocycles. The molecule has 0 unspecified atom stereocenters. The second kappa shape index (κ2) is 6.42. The molecular formula is C13H14N2O4S. The summed E-state index contributed by atoms with van der Waals surface area (Å²) in [5.74, 6) is -1.16. The number of carboxylic acids is 1. The van der Waals surface area contributed by atoms with Crippen molar-refractivity contribution < 1.29 is 19.1 Å². The van der Waals surface area contributed by atoms with E-state index >= 15 is 0 Å². The number of hydrogen-bond acceptors (Lipinski definition) is 5. The smallest absolute Gasteiger partial charge is 0.323 e. The fraction of sp³-hybridized carbons (Fsp3) is 0.308. The Balaban J connectivity index is 1.96. The van der Waals surface area contributed by atoms with Crippen molar-refractivity contribution in [3.05, 3.63) is 24.3 Å². The molecule has 0 aliphatic carbocycles. The van der Waals surface area contributed by atoms with E-state index in [-0.39, 0.29) is 18.2 Å². The Morgan fingerprint density at radius 3 is 2.80 bits per heavy atom. The molecule has 1 amide bonds. The largest absolute Gasteiger partial charge is 0.480 e. The number of oxazole rings is 1. The van der Waals surface area contributed by atoms with Crippen LogP contribution in [-0.2, 0) is 9.59 Å². The van der Waals surface area contributed by atoms with Crippen LogP contribution in [0.1, 0.15) is 6.92 Å². The van der Waals surface area contributed by atoms with Gasteiger partial charge >= 0.3 is 5.97 Å². The Labute approximate surface area is 119 Å². The van der Waals surface area contributed by atoms with Crippen LogP contribution in [0.25, 0.3) is 11.1 Å². The molecule has 0 spiro atoms. The molecule has 0 atom stereocenters. The molecule has 0 aliphatic heterocycles. The lowest BCUT2D eigenvalue weighted by Crippen LogP contribution is -2.36. The Hall–Kier alpha value is -2.02. The van der Waals surface area contributed by atoms with Crippen molar-refractivity contribution >= 4 is 34.7 Å². The van der Waals surface area contributed by atoms with Gasteiger partial charge in [0.25, 0.3) is 5.22 Å². The SMILES string of the molecule is CCN(CC(=O)O)C(=O)CSc1nc2ccccc2o1. The van der Waals surface area contributed by atoms with Crippen molar-refractivity contribution in [2.24, 2.45) is 0 Å². The van der Waals surface area contributed by atoms with E-state index in [1.165, 1.54) is 4.90 Å². The quantitative estimate of drug-likeness (QED) is 0.819. The number of aromatic nitrogens is 1. The van der Waals surface area contributed by atoms with Crippen LogP contribution >= 0.6 is 11.8 Å². The molecule has 106 valence electrons. The fourth-order valence-electron chi connectivity index (χ4n) is 1.67. The molecule has 0 bridgehead atoms. The molecule has 1 N–H and O–H groups in total. The molecule has 0 radical (unpaired) electrons. The van der Waals surface area contributed by atoms with Gasteiger partial charge in [-0.25, -0.2) is 4.98 Å². The Morgan fingerprint density at radius 1 is 1.40 bits per heavy atom. The van der Waals surface area contributed by atoms with E-state index in [4.69, 9.17) is 9.52 Å². The molecule has 6 nitrogen and oxygen atoms in total. The maximum atomic E-state index is 11.9. The minimum atomic E-state index is -1.02. The molecule has 7 heteroatoms. The number of likely N-dealkylation sites (N-methyl/N-ethyl adjacent to an activating group) is 1. The van der Waals surface area contributed by atoms with Gasteiger partial charge in [-0.2, -0.15) is 0 Å². The Bertz CT molecular complexity index is 593. The minimum Gasteiger partial charge on any atom is -0.480 e. The summed E-state index contributed by atoms with van der Waals surface area (Å²) in [6, 6.07) is 7.33. The first-order valence-corrected chi connectivity index (χ1v) is 7.06. The van der Waals surface area contributed by atoms with E-state index in [1.807, 2.05) is 18.2 Å². The van der Waals surface area contributed by atoms with Crippen LogP contribution in [0, 0.1) is 0 Å². The zero-order valence-corrected chi connectivity index (χ0v) is 11.7. The lowest BCUT2D eigenvalue weighted by atomic mass is 10.3. The number of para-hydroxylation sites is 2. The summed E-state index contributed by atoms with van der Waals surface area (Å²) < 4.78 is 5.48. The number of thioether (sulfide) groups is 1. The summed E-state index contributed by atoms with van der Waals surface area (Å²) >= 11 is 1.16. The molecule has 2 aromatic rings. The van der Waals surface area contributed by atoms with Gasteiger partial charge in [0.15, 0.2) is 5.58 Å². The minimum absolute atomic E-state index is 0.105. The van der Waals surface area contributed by atoms with Crippen molar-refractivity contribution in [2.75, 3.05) is 18.8 Å². The lowest BCUT2D eigenvalue weighted by Gasteiger charge is -2.17. The second-order valence-electron chi connectivity index (χ2n) is 4.04. The lowest BCUT2D eigenvalue weighted by molar-refractivity contribution is -0.143. The summed E-state index contributed by atoms with van der Waals surface area (Å²) in [6.45, 7) is 1.81. The number of nitrogens with zero attached hydrogens (tertiary/aromatic N) is 2. The molecule has 0 fully saturated rings. The van der Waals surface area contributed by atoms with E-state index < -0.39 is 5.97 Å². The first-order chi connectivity index (χ1) is 9.60. The number of rotatable bonds is 6. The molecular weight excluding hydrogens is 280 g/mol. The van der Waals surface area contributed by atoms with Crippen molar-refractivity contribution in [1.82, 2.24) is 9.88 Å². The normalized spacial score (nSPS) is 10.7. The summed E-state index contributed by atoms with van der Waals surface area (Å²) in [6.07, 6.45) is 0. The third-order valence-corrected chi connectivity index (χ3v) is 3.47. The second-order valence-corrected chi connectivity index (χ2v) is 4.96. The summed E-state index contributed by atoms with van der Waals surface area (Å²) in [5.41, 5.74) is 1.40. The average Bonchev–Trinajstić information content (AvgIpc) is 2.84. The maximum absolute atomic E-state index is 11.9. The zero-order chi connectivity index (χ0) is 14.5. The van der Waals surface area contributed by atoms with E-state index in [1.54, 1.807) is 13.0 Å². The highest BCUT2D eigenvalue weighted by Crippen LogP contribution is 2.23. The number of carbonyl (C=O) groups is 2. The molecule has 0 saturated heterocycles. The van der Waals surface area contributed by atoms with E-state index in [0.29, 0.717) is 17.4 Å². The van der Waals surface area contributed by atoms with Crippen LogP contribution in [0.2, 0.25) is 0 Å². The highest BCUT2D eigenvalue weighted by atomic mass is 32.2. The van der Waals surface area contributed by atoms with Crippen LogP contribution in [0.5, 0.6) is 0 Å². The zero-order valence-electron chi connectivity index (χ0n) is 10.9. The monoisotopic (exact) mass is 294 g/mol. The predicted octanol–water partition coefficient (Wildman–Crippen LogP) is 1.85. The third kappa shape index (κ3) is 3.51. The van der Waals surface area contributed by atoms with Crippen LogP contribution in [0.4, 0.5) is 0 Å². The Morgan fingerprint density at radius 2 is 2.15 bits per heavy atom. The van der Waals surface area contributed by atoms with Crippen molar-refractivity contribution in [3.8, 4) is 0 Å². The standard InChI is InChI=1S/C13H14N2O4S/c1-2-15(7-12(17)18)11(16)8-20-13-14-9-5-3-4-6-10(9)19-13/h3-6H,2,7-8H2,1H3,(H,17,18). The van der Waals surface area contributed by atoms with Gasteiger partial charge in [0.05, 0.1) is 5.75 Å². The summed E-state index contributed by atoms with van der Waals surface area (Å²) in [5, 5.41) is 9.12. The van der Waals surface area contributed by atoms with Gasteiger partial charge in [-0.05, 0) is 19.1 Å². The maximum Gasteiger partial charge on any atom is 0.323 e. The molecule has 2 rings (SSSR count). The highest BCUT2D eigenvalue weighted by Gasteiger charge is 2.16. The van der Waals surface area contributed by atoms with Crippen LogP contribution in [0.3, 0.4) is 0 Å². The fourth-order valence-corrected chi connectivity index (χ4v) is 2.41. The van der Waals surface area contributed by atoms with Crippen LogP contribution in [0.15, 0.2) is 33.9 Å². The van der Waals surface area contributed by atoms with Gasteiger partial charge in [0, 0.05) is 6.54 Å². The van der Waals surface area contributed by atoms with Crippen molar-refractivity contribution in [2.45, 2.75) is 12.1 Å². The molecule has 0 aliphatic rings. The van der Waals surface area contributed by atoms with Gasteiger partial charge in [-0.3, -0.25) is 9.59 Å². The number of aliphatic carboxylic acids is 1. The summed E-state index contributed by atoms with van der Waals surface area (Å²) in [4.78, 5) is 28.0. The third-order valence-electron chi connectivity index (χ3n) is 2.65. The van der Waals surface area contributed by atoms with Crippen molar-refractivity contribution in [1.29, 1.82) is 0 Å². The molecule has 20 heavy (non-hydrogen) atoms. The van der Waals surface area contributed by atoms with Crippen LogP contribution in [-0.4, -0.2) is 45.7 Å². The van der Waals surface area contributed by atoms with Gasteiger partial charge < -0.3 is 14.4 Å². The molecule has 1 aromatic heterocycles. The summed E-state index contributed by atoms with van der Waals surface area (Å²) in [7, 11) is 0. The molecule has 0 saturated carbocycles. The highest BCUT2D eigenvalue weighted by molar-refractivity contribution is 7.99. The number of carboxylic acid groups (broad SMARTS) is 1. The number of benzene rings is 1. The van der Waals surface area contributed by atoms with Crippen LogP contribution < -0.4 is 0 Å². The first kappa shape index (κ1) is 14.4.